The van der Waals surface area contributed by atoms with E-state index >= 15 is 0 Å². The number of hydrogen-bond donors (Lipinski definition) is 1. The molecule has 2 rings (SSSR count). The van der Waals surface area contributed by atoms with Crippen molar-refractivity contribution in [2.45, 2.75) is 46.4 Å². The summed E-state index contributed by atoms with van der Waals surface area (Å²) < 4.78 is 38.1. The van der Waals surface area contributed by atoms with Gasteiger partial charge in [-0.3, -0.25) is 0 Å². The van der Waals surface area contributed by atoms with Crippen LogP contribution in [0.2, 0.25) is 0 Å². The molecule has 2 aromatic rings. The van der Waals surface area contributed by atoms with Crippen LogP contribution >= 0.6 is 0 Å². The highest BCUT2D eigenvalue weighted by molar-refractivity contribution is 5.71. The minimum absolute atomic E-state index is 0.384. The third-order valence-corrected chi connectivity index (χ3v) is 4.14. The van der Waals surface area contributed by atoms with Crippen LogP contribution in [0.15, 0.2) is 36.4 Å². The van der Waals surface area contributed by atoms with Crippen molar-refractivity contribution < 1.29 is 18.3 Å². The normalized spacial score (nSPS) is 13.4. The van der Waals surface area contributed by atoms with E-state index in [-0.39, 0.29) is 0 Å². The van der Waals surface area contributed by atoms with Gasteiger partial charge in [0.2, 0.25) is 0 Å². The highest BCUT2D eigenvalue weighted by atomic mass is 19.4. The predicted octanol–water partition coefficient (Wildman–Crippen LogP) is 6.07. The number of rotatable bonds is 4. The molecule has 0 aliphatic rings. The molecule has 0 amide bonds. The average Bonchev–Trinajstić information content (AvgIpc) is 2.45. The van der Waals surface area contributed by atoms with Crippen molar-refractivity contribution in [2.24, 2.45) is 5.92 Å². The third-order valence-electron chi connectivity index (χ3n) is 4.14. The van der Waals surface area contributed by atoms with Crippen LogP contribution in [-0.2, 0) is 6.18 Å². The van der Waals surface area contributed by atoms with Crippen LogP contribution in [0.4, 0.5) is 13.2 Å². The number of halogens is 3. The zero-order chi connectivity index (χ0) is 18.1. The lowest BCUT2D eigenvalue weighted by Crippen LogP contribution is -2.05. The molecule has 1 N–H and O–H groups in total. The summed E-state index contributed by atoms with van der Waals surface area (Å²) in [4.78, 5) is 0. The molecule has 0 spiro atoms. The van der Waals surface area contributed by atoms with Gasteiger partial charge in [0.25, 0.3) is 0 Å². The van der Waals surface area contributed by atoms with Crippen LogP contribution in [0.5, 0.6) is 0 Å². The maximum atomic E-state index is 12.7. The van der Waals surface area contributed by atoms with Crippen LogP contribution < -0.4 is 0 Å². The second-order valence-corrected chi connectivity index (χ2v) is 6.75. The quantitative estimate of drug-likeness (QED) is 0.718. The Labute approximate surface area is 141 Å². The Bertz CT molecular complexity index is 677. The van der Waals surface area contributed by atoms with Gasteiger partial charge < -0.3 is 5.11 Å². The van der Waals surface area contributed by atoms with E-state index in [4.69, 9.17) is 0 Å². The monoisotopic (exact) mass is 336 g/mol. The summed E-state index contributed by atoms with van der Waals surface area (Å²) >= 11 is 0. The molecule has 0 saturated heterocycles. The Balaban J connectivity index is 2.38. The van der Waals surface area contributed by atoms with Crippen molar-refractivity contribution in [1.82, 2.24) is 0 Å². The maximum absolute atomic E-state index is 12.7. The van der Waals surface area contributed by atoms with Gasteiger partial charge in [-0.1, -0.05) is 38.1 Å². The molecule has 2 aromatic carbocycles. The molecule has 130 valence electrons. The average molecular weight is 336 g/mol. The number of aliphatic hydroxyl groups excluding tert-OH is 1. The van der Waals surface area contributed by atoms with Crippen molar-refractivity contribution >= 4 is 0 Å². The molecule has 4 heteroatoms. The van der Waals surface area contributed by atoms with Crippen LogP contribution in [0.1, 0.15) is 48.6 Å². The summed E-state index contributed by atoms with van der Waals surface area (Å²) in [6.07, 6.45) is -4.17. The summed E-state index contributed by atoms with van der Waals surface area (Å²) in [5, 5.41) is 10.3. The van der Waals surface area contributed by atoms with E-state index in [1.54, 1.807) is 0 Å². The van der Waals surface area contributed by atoms with Crippen LogP contribution in [0.25, 0.3) is 11.1 Å². The van der Waals surface area contributed by atoms with Crippen molar-refractivity contribution in [3.63, 3.8) is 0 Å². The standard InChI is InChI=1S/C20H23F3O/c1-12(2)9-18(24)16-10-13(3)19(14(4)11-16)15-5-7-17(8-6-15)20(21,22)23/h5-8,10-12,18,24H,9H2,1-4H3. The van der Waals surface area contributed by atoms with E-state index < -0.39 is 17.8 Å². The zero-order valence-corrected chi connectivity index (χ0v) is 14.4. The van der Waals surface area contributed by atoms with Crippen molar-refractivity contribution in [3.8, 4) is 11.1 Å². The van der Waals surface area contributed by atoms with Gasteiger partial charge >= 0.3 is 6.18 Å². The first kappa shape index (κ1) is 18.5. The molecular weight excluding hydrogens is 313 g/mol. The molecule has 24 heavy (non-hydrogen) atoms. The minimum atomic E-state index is -4.33. The second-order valence-electron chi connectivity index (χ2n) is 6.75. The number of aryl methyl sites for hydroxylation is 2. The Morgan fingerprint density at radius 3 is 1.88 bits per heavy atom. The fourth-order valence-corrected chi connectivity index (χ4v) is 3.05. The van der Waals surface area contributed by atoms with Gasteiger partial charge in [-0.25, -0.2) is 0 Å². The third kappa shape index (κ3) is 4.18. The van der Waals surface area contributed by atoms with Crippen LogP contribution in [0.3, 0.4) is 0 Å². The topological polar surface area (TPSA) is 20.2 Å². The predicted molar refractivity (Wildman–Crippen MR) is 90.8 cm³/mol. The number of hydrogen-bond acceptors (Lipinski definition) is 1. The second kappa shape index (κ2) is 6.98. The van der Waals surface area contributed by atoms with Gasteiger partial charge in [-0.15, -0.1) is 0 Å². The first-order chi connectivity index (χ1) is 11.1. The lowest BCUT2D eigenvalue weighted by atomic mass is 9.90. The zero-order valence-electron chi connectivity index (χ0n) is 14.4. The molecule has 0 heterocycles. The highest BCUT2D eigenvalue weighted by Crippen LogP contribution is 2.34. The van der Waals surface area contributed by atoms with E-state index in [2.05, 4.69) is 13.8 Å². The Hall–Kier alpha value is -1.81. The highest BCUT2D eigenvalue weighted by Gasteiger charge is 2.30. The van der Waals surface area contributed by atoms with E-state index in [1.807, 2.05) is 26.0 Å². The maximum Gasteiger partial charge on any atom is 0.416 e. The molecule has 1 atom stereocenters. The van der Waals surface area contributed by atoms with Gasteiger partial charge in [0, 0.05) is 0 Å². The lowest BCUT2D eigenvalue weighted by Gasteiger charge is -2.18. The first-order valence-corrected chi connectivity index (χ1v) is 8.06. The van der Waals surface area contributed by atoms with E-state index in [0.29, 0.717) is 12.3 Å². The molecule has 0 radical (unpaired) electrons. The van der Waals surface area contributed by atoms with Gasteiger partial charge in [-0.2, -0.15) is 13.2 Å². The number of benzene rings is 2. The van der Waals surface area contributed by atoms with Gasteiger partial charge in [0.05, 0.1) is 11.7 Å². The van der Waals surface area contributed by atoms with Crippen molar-refractivity contribution in [1.29, 1.82) is 0 Å². The SMILES string of the molecule is Cc1cc(C(O)CC(C)C)cc(C)c1-c1ccc(C(F)(F)F)cc1. The van der Waals surface area contributed by atoms with Crippen LogP contribution in [0, 0.1) is 19.8 Å². The van der Waals surface area contributed by atoms with E-state index in [1.165, 1.54) is 12.1 Å². The number of alkyl halides is 3. The summed E-state index contributed by atoms with van der Waals surface area (Å²) in [7, 11) is 0. The molecule has 0 saturated carbocycles. The Morgan fingerprint density at radius 2 is 1.46 bits per heavy atom. The fourth-order valence-electron chi connectivity index (χ4n) is 3.05. The summed E-state index contributed by atoms with van der Waals surface area (Å²) in [5.74, 6) is 0.384. The van der Waals surface area contributed by atoms with E-state index in [9.17, 15) is 18.3 Å². The van der Waals surface area contributed by atoms with Crippen molar-refractivity contribution in [3.05, 3.63) is 58.7 Å². The minimum Gasteiger partial charge on any atom is -0.388 e. The Morgan fingerprint density at radius 1 is 0.958 bits per heavy atom. The molecular formula is C20H23F3O. The summed E-state index contributed by atoms with van der Waals surface area (Å²) in [6, 6.07) is 9.07. The summed E-state index contributed by atoms with van der Waals surface area (Å²) in [6.45, 7) is 7.95. The molecule has 1 nitrogen and oxygen atoms in total. The van der Waals surface area contributed by atoms with E-state index in [0.717, 1.165) is 39.9 Å². The van der Waals surface area contributed by atoms with Gasteiger partial charge in [0.1, 0.15) is 0 Å². The lowest BCUT2D eigenvalue weighted by molar-refractivity contribution is -0.137. The molecule has 0 aliphatic carbocycles. The molecule has 0 aliphatic heterocycles. The fraction of sp³-hybridized carbons (Fsp3) is 0.400. The largest absolute Gasteiger partial charge is 0.416 e. The number of aliphatic hydroxyl groups is 1. The Kier molecular flexibility index (Phi) is 5.38. The summed E-state index contributed by atoms with van der Waals surface area (Å²) in [5.41, 5.74) is 3.78. The molecule has 1 unspecified atom stereocenters. The molecule has 0 fully saturated rings. The smallest absolute Gasteiger partial charge is 0.388 e. The molecule has 0 bridgehead atoms. The van der Waals surface area contributed by atoms with Gasteiger partial charge in [0.15, 0.2) is 0 Å². The molecule has 0 aromatic heterocycles. The van der Waals surface area contributed by atoms with Crippen molar-refractivity contribution in [2.75, 3.05) is 0 Å². The van der Waals surface area contributed by atoms with Gasteiger partial charge in [-0.05, 0) is 66.1 Å². The van der Waals surface area contributed by atoms with Crippen LogP contribution in [-0.4, -0.2) is 5.11 Å². The first-order valence-electron chi connectivity index (χ1n) is 8.06.